The van der Waals surface area contributed by atoms with Crippen LogP contribution in [0.4, 0.5) is 0 Å². The number of ketones is 2. The Morgan fingerprint density at radius 2 is 1.81 bits per heavy atom. The molecule has 0 aromatic heterocycles. The summed E-state index contributed by atoms with van der Waals surface area (Å²) >= 11 is 0. The van der Waals surface area contributed by atoms with Crippen LogP contribution in [-0.2, 0) is 9.59 Å². The van der Waals surface area contributed by atoms with Crippen LogP contribution in [0.5, 0.6) is 0 Å². The highest BCUT2D eigenvalue weighted by Crippen LogP contribution is 2.74. The smallest absolute Gasteiger partial charge is 0.166 e. The maximum Gasteiger partial charge on any atom is 0.166 e. The van der Waals surface area contributed by atoms with Gasteiger partial charge in [-0.2, -0.15) is 0 Å². The molecule has 0 saturated heterocycles. The number of hydrogen-bond acceptors (Lipinski definition) is 2. The van der Waals surface area contributed by atoms with Gasteiger partial charge in [-0.25, -0.2) is 0 Å². The molecule has 0 N–H and O–H groups in total. The molecule has 1 fully saturated rings. The molecule has 2 heteroatoms. The summed E-state index contributed by atoms with van der Waals surface area (Å²) in [6.45, 7) is 4.67. The lowest BCUT2D eigenvalue weighted by Gasteiger charge is -2.53. The number of fused-ring (bicyclic) bond motifs is 4. The fourth-order valence-electron chi connectivity index (χ4n) is 7.34. The molecule has 6 aliphatic carbocycles. The Balaban J connectivity index is 1.57. The first kappa shape index (κ1) is 15.4. The van der Waals surface area contributed by atoms with E-state index in [0.29, 0.717) is 18.0 Å². The van der Waals surface area contributed by atoms with E-state index in [4.69, 9.17) is 0 Å². The van der Waals surface area contributed by atoms with Crippen LogP contribution in [0.3, 0.4) is 0 Å². The molecular formula is C24H26O2. The predicted octanol–water partition coefficient (Wildman–Crippen LogP) is 5.02. The van der Waals surface area contributed by atoms with Crippen molar-refractivity contribution in [1.29, 1.82) is 0 Å². The minimum Gasteiger partial charge on any atom is -0.295 e. The van der Waals surface area contributed by atoms with E-state index < -0.39 is 0 Å². The summed E-state index contributed by atoms with van der Waals surface area (Å²) < 4.78 is 0. The molecule has 1 unspecified atom stereocenters. The summed E-state index contributed by atoms with van der Waals surface area (Å²) in [7, 11) is 0. The molecule has 0 amide bonds. The number of carbonyl (C=O) groups is 2. The number of allylic oxidation sites excluding steroid dienone is 8. The summed E-state index contributed by atoms with van der Waals surface area (Å²) in [6, 6.07) is 0. The van der Waals surface area contributed by atoms with Crippen molar-refractivity contribution in [2.24, 2.45) is 21.7 Å². The van der Waals surface area contributed by atoms with E-state index in [1.54, 1.807) is 5.57 Å². The van der Waals surface area contributed by atoms with Crippen LogP contribution in [-0.4, -0.2) is 11.6 Å². The third-order valence-corrected chi connectivity index (χ3v) is 9.00. The highest BCUT2D eigenvalue weighted by molar-refractivity contribution is 6.03. The summed E-state index contributed by atoms with van der Waals surface area (Å²) in [5.74, 6) is 0.661. The Labute approximate surface area is 155 Å². The molecule has 2 spiro atoms. The monoisotopic (exact) mass is 346 g/mol. The molecule has 3 atom stereocenters. The van der Waals surface area contributed by atoms with Crippen LogP contribution in [0.2, 0.25) is 0 Å². The molecule has 0 aromatic carbocycles. The van der Waals surface area contributed by atoms with Gasteiger partial charge < -0.3 is 0 Å². The van der Waals surface area contributed by atoms with E-state index in [1.807, 2.05) is 12.2 Å². The quantitative estimate of drug-likeness (QED) is 0.617. The van der Waals surface area contributed by atoms with Crippen molar-refractivity contribution in [1.82, 2.24) is 0 Å². The molecule has 0 aliphatic heterocycles. The normalized spacial score (nSPS) is 44.4. The highest BCUT2D eigenvalue weighted by atomic mass is 16.1. The van der Waals surface area contributed by atoms with Gasteiger partial charge in [0.2, 0.25) is 0 Å². The van der Waals surface area contributed by atoms with Crippen molar-refractivity contribution < 1.29 is 9.59 Å². The van der Waals surface area contributed by atoms with Gasteiger partial charge in [0, 0.05) is 17.3 Å². The van der Waals surface area contributed by atoms with Gasteiger partial charge in [0.15, 0.2) is 11.6 Å². The van der Waals surface area contributed by atoms with Gasteiger partial charge in [-0.15, -0.1) is 0 Å². The van der Waals surface area contributed by atoms with Crippen LogP contribution in [0.15, 0.2) is 46.6 Å². The molecule has 1 saturated carbocycles. The Hall–Kier alpha value is -1.70. The molecule has 2 nitrogen and oxygen atoms in total. The Bertz CT molecular complexity index is 922. The van der Waals surface area contributed by atoms with Gasteiger partial charge >= 0.3 is 0 Å². The molecule has 26 heavy (non-hydrogen) atoms. The van der Waals surface area contributed by atoms with Crippen molar-refractivity contribution in [2.75, 3.05) is 0 Å². The fraction of sp³-hybridized carbons (Fsp3) is 0.583. The molecule has 134 valence electrons. The number of rotatable bonds is 0. The van der Waals surface area contributed by atoms with Crippen LogP contribution in [0.25, 0.3) is 0 Å². The zero-order valence-corrected chi connectivity index (χ0v) is 15.8. The number of carbonyl (C=O) groups excluding carboxylic acids is 2. The number of hydrogen-bond donors (Lipinski definition) is 0. The van der Waals surface area contributed by atoms with Crippen molar-refractivity contribution in [3.05, 3.63) is 46.6 Å². The molecule has 6 rings (SSSR count). The van der Waals surface area contributed by atoms with Gasteiger partial charge in [-0.1, -0.05) is 37.1 Å². The van der Waals surface area contributed by atoms with E-state index in [9.17, 15) is 9.59 Å². The summed E-state index contributed by atoms with van der Waals surface area (Å²) in [5, 5.41) is 0. The topological polar surface area (TPSA) is 34.1 Å². The van der Waals surface area contributed by atoms with Crippen LogP contribution in [0, 0.1) is 21.7 Å². The average Bonchev–Trinajstić information content (AvgIpc) is 3.25. The van der Waals surface area contributed by atoms with Gasteiger partial charge in [0.25, 0.3) is 0 Å². The average molecular weight is 346 g/mol. The second-order valence-electron chi connectivity index (χ2n) is 10.1. The minimum absolute atomic E-state index is 0.0196. The van der Waals surface area contributed by atoms with Crippen molar-refractivity contribution in [2.45, 2.75) is 65.2 Å². The standard InChI is InChI=1S/C24H26O2/c1-21-7-4-18-16-14-23(11-12-23)19-13-15(25)3-9-22(19,2)17(16)5-10-24(18,21)20(26)6-8-21/h4,6,8,13H,3,5,7,9-12,14H2,1-2H3/t21-,22?,24+/m0/s1. The molecule has 0 radical (unpaired) electrons. The minimum atomic E-state index is -0.288. The lowest BCUT2D eigenvalue weighted by molar-refractivity contribution is -0.124. The van der Waals surface area contributed by atoms with Crippen LogP contribution >= 0.6 is 0 Å². The first-order valence-corrected chi connectivity index (χ1v) is 10.3. The van der Waals surface area contributed by atoms with Gasteiger partial charge in [0.1, 0.15) is 0 Å². The van der Waals surface area contributed by atoms with E-state index in [2.05, 4.69) is 26.0 Å². The summed E-state index contributed by atoms with van der Waals surface area (Å²) in [6.07, 6.45) is 16.5. The second-order valence-corrected chi connectivity index (χ2v) is 10.1. The molecule has 6 aliphatic rings. The molecule has 0 aromatic rings. The lowest BCUT2D eigenvalue weighted by Crippen LogP contribution is -2.46. The van der Waals surface area contributed by atoms with E-state index in [0.717, 1.165) is 32.1 Å². The van der Waals surface area contributed by atoms with Crippen molar-refractivity contribution >= 4 is 11.6 Å². The van der Waals surface area contributed by atoms with E-state index in [-0.39, 0.29) is 21.7 Å². The lowest BCUT2D eigenvalue weighted by atomic mass is 9.50. The van der Waals surface area contributed by atoms with Crippen molar-refractivity contribution in [3.63, 3.8) is 0 Å². The zero-order valence-electron chi connectivity index (χ0n) is 15.8. The van der Waals surface area contributed by atoms with Crippen molar-refractivity contribution in [3.8, 4) is 0 Å². The third-order valence-electron chi connectivity index (χ3n) is 9.00. The first-order valence-electron chi connectivity index (χ1n) is 10.3. The SMILES string of the molecule is CC12CCC(=O)C=C1C1(CC1)CC1=C2CC[C@@]23C(=O)C=C[C@]2(C)CC=C13. The van der Waals surface area contributed by atoms with Crippen LogP contribution < -0.4 is 0 Å². The predicted molar refractivity (Wildman–Crippen MR) is 100 cm³/mol. The Morgan fingerprint density at radius 1 is 1.00 bits per heavy atom. The second kappa shape index (κ2) is 4.24. The van der Waals surface area contributed by atoms with E-state index >= 15 is 0 Å². The summed E-state index contributed by atoms with van der Waals surface area (Å²) in [5.41, 5.74) is 5.86. The van der Waals surface area contributed by atoms with Gasteiger partial charge in [-0.3, -0.25) is 9.59 Å². The van der Waals surface area contributed by atoms with Gasteiger partial charge in [-0.05, 0) is 73.7 Å². The third kappa shape index (κ3) is 1.46. The molecule has 0 bridgehead atoms. The van der Waals surface area contributed by atoms with E-state index in [1.165, 1.54) is 29.6 Å². The summed E-state index contributed by atoms with van der Waals surface area (Å²) in [4.78, 5) is 25.3. The fourth-order valence-corrected chi connectivity index (χ4v) is 7.34. The van der Waals surface area contributed by atoms with Crippen LogP contribution in [0.1, 0.15) is 65.2 Å². The Kier molecular flexibility index (Phi) is 2.50. The largest absolute Gasteiger partial charge is 0.295 e. The Morgan fingerprint density at radius 3 is 2.58 bits per heavy atom. The first-order chi connectivity index (χ1) is 12.3. The highest BCUT2D eigenvalue weighted by Gasteiger charge is 2.65. The maximum atomic E-state index is 13.1. The zero-order chi connectivity index (χ0) is 17.9. The maximum absolute atomic E-state index is 13.1. The molecule has 0 heterocycles. The van der Waals surface area contributed by atoms with Gasteiger partial charge in [0.05, 0.1) is 5.41 Å². The molecular weight excluding hydrogens is 320 g/mol.